The van der Waals surface area contributed by atoms with Gasteiger partial charge in [-0.3, -0.25) is 4.79 Å². The number of aryl methyl sites for hydroxylation is 1. The molecule has 4 heteroatoms. The first-order valence-corrected chi connectivity index (χ1v) is 5.81. The third-order valence-electron chi connectivity index (χ3n) is 3.46. The van der Waals surface area contributed by atoms with Gasteiger partial charge in [0.05, 0.1) is 0 Å². The average Bonchev–Trinajstić information content (AvgIpc) is 3.10. The van der Waals surface area contributed by atoms with Crippen LogP contribution in [0.5, 0.6) is 0 Å². The van der Waals surface area contributed by atoms with Crippen molar-refractivity contribution in [2.75, 3.05) is 13.1 Å². The molecule has 0 spiro atoms. The molecular weight excluding hydrogens is 219 g/mol. The van der Waals surface area contributed by atoms with Gasteiger partial charge < -0.3 is 11.1 Å². The third-order valence-corrected chi connectivity index (χ3v) is 3.46. The summed E-state index contributed by atoms with van der Waals surface area (Å²) in [5.74, 6) is -0.609. The summed E-state index contributed by atoms with van der Waals surface area (Å²) in [6, 6.07) is 4.24. The van der Waals surface area contributed by atoms with Crippen LogP contribution < -0.4 is 11.1 Å². The van der Waals surface area contributed by atoms with Crippen molar-refractivity contribution in [3.8, 4) is 0 Å². The Morgan fingerprint density at radius 3 is 2.82 bits per heavy atom. The zero-order valence-electron chi connectivity index (χ0n) is 9.92. The van der Waals surface area contributed by atoms with E-state index in [2.05, 4.69) is 5.32 Å². The van der Waals surface area contributed by atoms with Gasteiger partial charge in [0, 0.05) is 17.5 Å². The Bertz CT molecular complexity index is 441. The van der Waals surface area contributed by atoms with Gasteiger partial charge in [0.15, 0.2) is 0 Å². The Labute approximate surface area is 100 Å². The number of hydrogen-bond acceptors (Lipinski definition) is 2. The highest BCUT2D eigenvalue weighted by atomic mass is 19.1. The average molecular weight is 236 g/mol. The summed E-state index contributed by atoms with van der Waals surface area (Å²) in [6.07, 6.45) is 2.12. The standard InChI is InChI=1S/C13H17FN2O/c1-9-2-3-10(14)6-11(9)12(17)16-8-13(7-15)4-5-13/h2-3,6H,4-5,7-8,15H2,1H3,(H,16,17). The number of benzene rings is 1. The van der Waals surface area contributed by atoms with E-state index in [1.807, 2.05) is 0 Å². The molecule has 2 rings (SSSR count). The molecule has 0 aromatic heterocycles. The van der Waals surface area contributed by atoms with Gasteiger partial charge in [-0.2, -0.15) is 0 Å². The minimum Gasteiger partial charge on any atom is -0.351 e. The van der Waals surface area contributed by atoms with E-state index in [1.165, 1.54) is 12.1 Å². The molecule has 0 atom stereocenters. The van der Waals surface area contributed by atoms with Crippen molar-refractivity contribution in [2.24, 2.45) is 11.1 Å². The van der Waals surface area contributed by atoms with Crippen LogP contribution in [0.2, 0.25) is 0 Å². The normalized spacial score (nSPS) is 16.6. The molecule has 1 amide bonds. The second-order valence-electron chi connectivity index (χ2n) is 4.85. The molecule has 0 heterocycles. The van der Waals surface area contributed by atoms with Crippen molar-refractivity contribution in [1.82, 2.24) is 5.32 Å². The van der Waals surface area contributed by atoms with Crippen LogP contribution in [0.4, 0.5) is 4.39 Å². The second kappa shape index (κ2) is 4.45. The molecule has 1 aromatic rings. The van der Waals surface area contributed by atoms with E-state index < -0.39 is 0 Å². The first kappa shape index (κ1) is 12.0. The van der Waals surface area contributed by atoms with Crippen LogP contribution in [0.1, 0.15) is 28.8 Å². The number of carbonyl (C=O) groups is 1. The summed E-state index contributed by atoms with van der Waals surface area (Å²) in [5.41, 5.74) is 6.91. The number of nitrogens with two attached hydrogens (primary N) is 1. The molecule has 0 aliphatic heterocycles. The van der Waals surface area contributed by atoms with Crippen molar-refractivity contribution < 1.29 is 9.18 Å². The number of hydrogen-bond donors (Lipinski definition) is 2. The smallest absolute Gasteiger partial charge is 0.251 e. The number of nitrogens with one attached hydrogen (secondary N) is 1. The lowest BCUT2D eigenvalue weighted by Gasteiger charge is -2.14. The monoisotopic (exact) mass is 236 g/mol. The fraction of sp³-hybridized carbons (Fsp3) is 0.462. The van der Waals surface area contributed by atoms with Crippen LogP contribution in [-0.4, -0.2) is 19.0 Å². The fourth-order valence-electron chi connectivity index (χ4n) is 1.83. The van der Waals surface area contributed by atoms with Gasteiger partial charge in [0.25, 0.3) is 5.91 Å². The van der Waals surface area contributed by atoms with E-state index in [-0.39, 0.29) is 17.1 Å². The molecule has 1 saturated carbocycles. The molecule has 1 aliphatic carbocycles. The number of amides is 1. The number of rotatable bonds is 4. The van der Waals surface area contributed by atoms with Crippen LogP contribution in [0.3, 0.4) is 0 Å². The van der Waals surface area contributed by atoms with Gasteiger partial charge >= 0.3 is 0 Å². The zero-order chi connectivity index (χ0) is 12.5. The van der Waals surface area contributed by atoms with E-state index in [9.17, 15) is 9.18 Å². The summed E-state index contributed by atoms with van der Waals surface area (Å²) in [7, 11) is 0. The van der Waals surface area contributed by atoms with Crippen LogP contribution in [-0.2, 0) is 0 Å². The SMILES string of the molecule is Cc1ccc(F)cc1C(=O)NCC1(CN)CC1. The van der Waals surface area contributed by atoms with Crippen LogP contribution in [0, 0.1) is 18.2 Å². The van der Waals surface area contributed by atoms with Gasteiger partial charge in [-0.15, -0.1) is 0 Å². The highest BCUT2D eigenvalue weighted by Gasteiger charge is 2.41. The maximum atomic E-state index is 13.1. The van der Waals surface area contributed by atoms with Crippen molar-refractivity contribution in [2.45, 2.75) is 19.8 Å². The van der Waals surface area contributed by atoms with E-state index in [1.54, 1.807) is 13.0 Å². The van der Waals surface area contributed by atoms with E-state index in [4.69, 9.17) is 5.73 Å². The number of carbonyl (C=O) groups excluding carboxylic acids is 1. The molecular formula is C13H17FN2O. The van der Waals surface area contributed by atoms with Crippen LogP contribution in [0.25, 0.3) is 0 Å². The predicted octanol–water partition coefficient (Wildman–Crippen LogP) is 1.60. The van der Waals surface area contributed by atoms with Gasteiger partial charge in [-0.05, 0) is 44.0 Å². The number of halogens is 1. The van der Waals surface area contributed by atoms with Gasteiger partial charge in [-0.25, -0.2) is 4.39 Å². The molecule has 92 valence electrons. The first-order chi connectivity index (χ1) is 8.06. The largest absolute Gasteiger partial charge is 0.351 e. The molecule has 3 N–H and O–H groups in total. The maximum absolute atomic E-state index is 13.1. The molecule has 3 nitrogen and oxygen atoms in total. The Kier molecular flexibility index (Phi) is 3.15. The Balaban J connectivity index is 2.02. The molecule has 0 unspecified atom stereocenters. The fourth-order valence-corrected chi connectivity index (χ4v) is 1.83. The summed E-state index contributed by atoms with van der Waals surface area (Å²) in [5, 5.41) is 2.84. The first-order valence-electron chi connectivity index (χ1n) is 5.81. The predicted molar refractivity (Wildman–Crippen MR) is 64.2 cm³/mol. The van der Waals surface area contributed by atoms with Crippen molar-refractivity contribution in [3.05, 3.63) is 35.1 Å². The molecule has 0 bridgehead atoms. The van der Waals surface area contributed by atoms with Crippen LogP contribution in [0.15, 0.2) is 18.2 Å². The van der Waals surface area contributed by atoms with Gasteiger partial charge in [0.1, 0.15) is 5.82 Å². The highest BCUT2D eigenvalue weighted by molar-refractivity contribution is 5.95. The molecule has 0 saturated heterocycles. The molecule has 1 fully saturated rings. The van der Waals surface area contributed by atoms with Crippen molar-refractivity contribution in [1.29, 1.82) is 0 Å². The van der Waals surface area contributed by atoms with E-state index >= 15 is 0 Å². The molecule has 0 radical (unpaired) electrons. The maximum Gasteiger partial charge on any atom is 0.251 e. The van der Waals surface area contributed by atoms with Gasteiger partial charge in [0.2, 0.25) is 0 Å². The summed E-state index contributed by atoms with van der Waals surface area (Å²) in [4.78, 5) is 11.9. The van der Waals surface area contributed by atoms with Gasteiger partial charge in [-0.1, -0.05) is 6.07 Å². The van der Waals surface area contributed by atoms with E-state index in [0.29, 0.717) is 18.7 Å². The lowest BCUT2D eigenvalue weighted by Crippen LogP contribution is -2.34. The topological polar surface area (TPSA) is 55.1 Å². The Morgan fingerprint density at radius 2 is 2.24 bits per heavy atom. The minimum absolute atomic E-state index is 0.0941. The van der Waals surface area contributed by atoms with Crippen molar-refractivity contribution in [3.63, 3.8) is 0 Å². The Hall–Kier alpha value is -1.42. The lowest BCUT2D eigenvalue weighted by atomic mass is 10.1. The summed E-state index contributed by atoms with van der Waals surface area (Å²) >= 11 is 0. The third kappa shape index (κ3) is 2.64. The molecule has 17 heavy (non-hydrogen) atoms. The minimum atomic E-state index is -0.388. The zero-order valence-corrected chi connectivity index (χ0v) is 9.92. The molecule has 1 aromatic carbocycles. The van der Waals surface area contributed by atoms with E-state index in [0.717, 1.165) is 18.4 Å². The van der Waals surface area contributed by atoms with Crippen LogP contribution >= 0.6 is 0 Å². The molecule has 1 aliphatic rings. The highest BCUT2D eigenvalue weighted by Crippen LogP contribution is 2.43. The summed E-state index contributed by atoms with van der Waals surface area (Å²) in [6.45, 7) is 2.97. The summed E-state index contributed by atoms with van der Waals surface area (Å²) < 4.78 is 13.1. The lowest BCUT2D eigenvalue weighted by molar-refractivity contribution is 0.0944. The Morgan fingerprint density at radius 1 is 1.53 bits per heavy atom. The quantitative estimate of drug-likeness (QED) is 0.834. The van der Waals surface area contributed by atoms with Crippen molar-refractivity contribution >= 4 is 5.91 Å². The second-order valence-corrected chi connectivity index (χ2v) is 4.85.